The van der Waals surface area contributed by atoms with Gasteiger partial charge in [0.2, 0.25) is 0 Å². The Hall–Kier alpha value is -2.78. The number of alkyl halides is 2. The van der Waals surface area contributed by atoms with Gasteiger partial charge in [0.05, 0.1) is 5.70 Å². The number of hydrogen-bond acceptors (Lipinski definition) is 6. The van der Waals surface area contributed by atoms with Crippen molar-refractivity contribution in [3.63, 3.8) is 0 Å². The summed E-state index contributed by atoms with van der Waals surface area (Å²) in [5, 5.41) is 1.41. The SMILES string of the molecule is NC1=C(N(N)c2cc(Cc3cc(F)cc(OC(F)F)c3)ccn2)CCCC1N. The lowest BCUT2D eigenvalue weighted by molar-refractivity contribution is -0.0500. The number of allylic oxidation sites excluding steroid dienone is 1. The number of hydrogen-bond donors (Lipinski definition) is 3. The van der Waals surface area contributed by atoms with Gasteiger partial charge in [-0.2, -0.15) is 8.78 Å². The number of ether oxygens (including phenoxy) is 1. The molecule has 1 aliphatic rings. The Labute approximate surface area is 160 Å². The molecule has 28 heavy (non-hydrogen) atoms. The number of rotatable bonds is 6. The third-order valence-corrected chi connectivity index (χ3v) is 4.57. The van der Waals surface area contributed by atoms with Crippen LogP contribution >= 0.6 is 0 Å². The van der Waals surface area contributed by atoms with E-state index in [2.05, 4.69) is 9.72 Å². The fourth-order valence-electron chi connectivity index (χ4n) is 3.23. The number of hydrazine groups is 1. The Morgan fingerprint density at radius 1 is 1.21 bits per heavy atom. The van der Waals surface area contributed by atoms with Crippen molar-refractivity contribution >= 4 is 5.82 Å². The molecule has 0 saturated carbocycles. The summed E-state index contributed by atoms with van der Waals surface area (Å²) in [6, 6.07) is 6.78. The lowest BCUT2D eigenvalue weighted by Crippen LogP contribution is -2.40. The van der Waals surface area contributed by atoms with Gasteiger partial charge in [-0.25, -0.2) is 15.2 Å². The monoisotopic (exact) mass is 393 g/mol. The highest BCUT2D eigenvalue weighted by Gasteiger charge is 2.22. The average Bonchev–Trinajstić information content (AvgIpc) is 2.62. The predicted molar refractivity (Wildman–Crippen MR) is 99.8 cm³/mol. The van der Waals surface area contributed by atoms with E-state index in [4.69, 9.17) is 17.3 Å². The highest BCUT2D eigenvalue weighted by Crippen LogP contribution is 2.26. The summed E-state index contributed by atoms with van der Waals surface area (Å²) in [6.07, 6.45) is 4.23. The maximum Gasteiger partial charge on any atom is 0.387 e. The molecule has 0 aliphatic heterocycles. The van der Waals surface area contributed by atoms with Crippen LogP contribution in [0.2, 0.25) is 0 Å². The Bertz CT molecular complexity index is 874. The minimum absolute atomic E-state index is 0.228. The minimum Gasteiger partial charge on any atom is -0.435 e. The van der Waals surface area contributed by atoms with Crippen LogP contribution in [-0.2, 0) is 6.42 Å². The number of nitrogens with zero attached hydrogens (tertiary/aromatic N) is 2. The van der Waals surface area contributed by atoms with Crippen LogP contribution in [0.4, 0.5) is 19.0 Å². The summed E-state index contributed by atoms with van der Waals surface area (Å²) >= 11 is 0. The van der Waals surface area contributed by atoms with E-state index in [1.165, 1.54) is 17.1 Å². The first kappa shape index (κ1) is 20.0. The summed E-state index contributed by atoms with van der Waals surface area (Å²) in [4.78, 5) is 4.26. The number of nitrogens with two attached hydrogens (primary N) is 3. The van der Waals surface area contributed by atoms with E-state index in [9.17, 15) is 13.2 Å². The molecule has 1 aromatic carbocycles. The molecule has 150 valence electrons. The molecule has 1 atom stereocenters. The van der Waals surface area contributed by atoms with E-state index in [1.54, 1.807) is 18.3 Å². The van der Waals surface area contributed by atoms with Gasteiger partial charge < -0.3 is 16.2 Å². The van der Waals surface area contributed by atoms with Crippen LogP contribution in [0.3, 0.4) is 0 Å². The lowest BCUT2D eigenvalue weighted by Gasteiger charge is -2.29. The van der Waals surface area contributed by atoms with Crippen LogP contribution in [0.25, 0.3) is 0 Å². The quantitative estimate of drug-likeness (QED) is 0.515. The molecule has 2 aromatic rings. The molecule has 1 aliphatic carbocycles. The van der Waals surface area contributed by atoms with E-state index in [0.717, 1.165) is 30.2 Å². The first-order valence-electron chi connectivity index (χ1n) is 8.81. The van der Waals surface area contributed by atoms with Gasteiger partial charge in [0.15, 0.2) is 0 Å². The van der Waals surface area contributed by atoms with Gasteiger partial charge in [0, 0.05) is 24.0 Å². The Morgan fingerprint density at radius 2 is 2.00 bits per heavy atom. The third kappa shape index (κ3) is 4.73. The molecule has 9 heteroatoms. The molecule has 0 radical (unpaired) electrons. The van der Waals surface area contributed by atoms with E-state index in [0.29, 0.717) is 23.5 Å². The van der Waals surface area contributed by atoms with Gasteiger partial charge >= 0.3 is 6.61 Å². The fraction of sp³-hybridized carbons (Fsp3) is 0.316. The van der Waals surface area contributed by atoms with E-state index < -0.39 is 12.4 Å². The van der Waals surface area contributed by atoms with Crippen molar-refractivity contribution in [2.24, 2.45) is 17.3 Å². The standard InChI is InChI=1S/C19H22F3N5O/c20-13-7-12(8-14(10-13)28-19(21)22)6-11-4-5-26-17(9-11)27(25)16-3-1-2-15(23)18(16)24/h4-5,7-10,15,19H,1-3,6,23-25H2. The topological polar surface area (TPSA) is 103 Å². The molecule has 0 amide bonds. The molecule has 0 saturated heterocycles. The van der Waals surface area contributed by atoms with Crippen LogP contribution in [0, 0.1) is 5.82 Å². The summed E-state index contributed by atoms with van der Waals surface area (Å²) in [7, 11) is 0. The van der Waals surface area contributed by atoms with Crippen LogP contribution in [-0.4, -0.2) is 17.6 Å². The van der Waals surface area contributed by atoms with Gasteiger partial charge in [0.1, 0.15) is 17.4 Å². The molecule has 6 N–H and O–H groups in total. The molecule has 6 nitrogen and oxygen atoms in total. The largest absolute Gasteiger partial charge is 0.435 e. The van der Waals surface area contributed by atoms with Crippen molar-refractivity contribution in [1.82, 2.24) is 4.98 Å². The minimum atomic E-state index is -3.02. The predicted octanol–water partition coefficient (Wildman–Crippen LogP) is 2.77. The first-order valence-corrected chi connectivity index (χ1v) is 8.81. The molecule has 0 bridgehead atoms. The molecule has 0 spiro atoms. The molecule has 3 rings (SSSR count). The molecule has 1 unspecified atom stereocenters. The number of aromatic nitrogens is 1. The van der Waals surface area contributed by atoms with Crippen molar-refractivity contribution in [2.75, 3.05) is 5.01 Å². The zero-order valence-corrected chi connectivity index (χ0v) is 15.1. The Balaban J connectivity index is 1.82. The van der Waals surface area contributed by atoms with Crippen LogP contribution < -0.4 is 27.1 Å². The molecule has 1 heterocycles. The summed E-state index contributed by atoms with van der Waals surface area (Å²) in [6.45, 7) is -3.02. The maximum atomic E-state index is 13.7. The van der Waals surface area contributed by atoms with Crippen molar-refractivity contribution in [3.05, 3.63) is 64.9 Å². The molecular formula is C19H22F3N5O. The third-order valence-electron chi connectivity index (χ3n) is 4.57. The van der Waals surface area contributed by atoms with E-state index in [1.807, 2.05) is 0 Å². The second kappa shape index (κ2) is 8.49. The summed E-state index contributed by atoms with van der Waals surface area (Å²) in [5.74, 6) is 5.78. The summed E-state index contributed by atoms with van der Waals surface area (Å²) in [5.41, 5.74) is 14.6. The smallest absolute Gasteiger partial charge is 0.387 e. The summed E-state index contributed by atoms with van der Waals surface area (Å²) < 4.78 is 42.8. The van der Waals surface area contributed by atoms with Crippen molar-refractivity contribution < 1.29 is 17.9 Å². The van der Waals surface area contributed by atoms with Crippen molar-refractivity contribution in [3.8, 4) is 5.75 Å². The normalized spacial score (nSPS) is 17.1. The lowest BCUT2D eigenvalue weighted by atomic mass is 9.97. The highest BCUT2D eigenvalue weighted by molar-refractivity contribution is 5.48. The van der Waals surface area contributed by atoms with Gasteiger partial charge in [-0.3, -0.25) is 5.01 Å². The molecule has 0 fully saturated rings. The molecular weight excluding hydrogens is 371 g/mol. The first-order chi connectivity index (χ1) is 13.3. The zero-order valence-electron chi connectivity index (χ0n) is 15.1. The van der Waals surface area contributed by atoms with Crippen LogP contribution in [0.15, 0.2) is 47.9 Å². The van der Waals surface area contributed by atoms with Gasteiger partial charge in [0.25, 0.3) is 0 Å². The Kier molecular flexibility index (Phi) is 6.05. The maximum absolute atomic E-state index is 13.7. The highest BCUT2D eigenvalue weighted by atomic mass is 19.3. The fourth-order valence-corrected chi connectivity index (χ4v) is 3.23. The number of benzene rings is 1. The number of anilines is 1. The Morgan fingerprint density at radius 3 is 2.75 bits per heavy atom. The van der Waals surface area contributed by atoms with Gasteiger partial charge in [-0.05, 0) is 61.1 Å². The average molecular weight is 393 g/mol. The zero-order chi connectivity index (χ0) is 20.3. The van der Waals surface area contributed by atoms with Crippen molar-refractivity contribution in [1.29, 1.82) is 0 Å². The van der Waals surface area contributed by atoms with Gasteiger partial charge in [-0.1, -0.05) is 0 Å². The number of pyridine rings is 1. The second-order valence-electron chi connectivity index (χ2n) is 6.64. The molecule has 1 aromatic heterocycles. The van der Waals surface area contributed by atoms with Crippen molar-refractivity contribution in [2.45, 2.75) is 38.3 Å². The van der Waals surface area contributed by atoms with E-state index in [-0.39, 0.29) is 18.2 Å². The van der Waals surface area contributed by atoms with E-state index >= 15 is 0 Å². The number of halogens is 3. The van der Waals surface area contributed by atoms with Crippen LogP contribution in [0.1, 0.15) is 30.4 Å². The van der Waals surface area contributed by atoms with Crippen LogP contribution in [0.5, 0.6) is 5.75 Å². The second-order valence-corrected chi connectivity index (χ2v) is 6.64. The van der Waals surface area contributed by atoms with Gasteiger partial charge in [-0.15, -0.1) is 0 Å².